The third-order valence-corrected chi connectivity index (χ3v) is 4.66. The van der Waals surface area contributed by atoms with Gasteiger partial charge in [-0.25, -0.2) is 10.0 Å². The Bertz CT molecular complexity index is 514. The Morgan fingerprint density at radius 1 is 1.18 bits per heavy atom. The van der Waals surface area contributed by atoms with Crippen LogP contribution < -0.4 is 0 Å². The second-order valence-corrected chi connectivity index (χ2v) is 6.31. The van der Waals surface area contributed by atoms with Crippen LogP contribution in [0.15, 0.2) is 30.3 Å². The molecule has 1 aromatic rings. The first-order valence-corrected chi connectivity index (χ1v) is 8.22. The number of ketones is 1. The van der Waals surface area contributed by atoms with Crippen molar-refractivity contribution < 1.29 is 19.4 Å². The first-order chi connectivity index (χ1) is 10.5. The lowest BCUT2D eigenvalue weighted by Crippen LogP contribution is -2.52. The fraction of sp³-hybridized carbons (Fsp3) is 0.556. The number of carbonyl (C=O) groups is 2. The highest BCUT2D eigenvalue weighted by molar-refractivity contribution is 5.82. The molecular formula is C18H26NO3+. The van der Waals surface area contributed by atoms with Gasteiger partial charge in [-0.15, -0.1) is 4.65 Å². The summed E-state index contributed by atoms with van der Waals surface area (Å²) < 4.78 is -0.475. The first kappa shape index (κ1) is 16.8. The van der Waals surface area contributed by atoms with E-state index in [1.807, 2.05) is 25.1 Å². The largest absolute Gasteiger partial charge is 0.346 e. The van der Waals surface area contributed by atoms with Gasteiger partial charge in [-0.1, -0.05) is 30.3 Å². The molecule has 0 radical (unpaired) electrons. The van der Waals surface area contributed by atoms with Crippen molar-refractivity contribution >= 4 is 11.7 Å². The van der Waals surface area contributed by atoms with Crippen LogP contribution in [0.1, 0.15) is 51.0 Å². The normalized spacial score (nSPS) is 24.4. The zero-order valence-electron chi connectivity index (χ0n) is 13.3. The fourth-order valence-corrected chi connectivity index (χ4v) is 3.13. The molecule has 1 fully saturated rings. The van der Waals surface area contributed by atoms with Gasteiger partial charge in [0.2, 0.25) is 0 Å². The van der Waals surface area contributed by atoms with Crippen molar-refractivity contribution in [3.8, 4) is 0 Å². The Labute approximate surface area is 132 Å². The minimum atomic E-state index is -0.475. The highest BCUT2D eigenvalue weighted by Crippen LogP contribution is 2.25. The molecule has 4 heteroatoms. The minimum absolute atomic E-state index is 0.0410. The van der Waals surface area contributed by atoms with Gasteiger partial charge < -0.3 is 0 Å². The van der Waals surface area contributed by atoms with E-state index in [-0.39, 0.29) is 30.6 Å². The standard InChI is InChI=1S/C18H26NO3/c1-15-7-6-14-19(15,22)18(21)13-12-17(20)11-5-10-16-8-3-2-4-9-16/h2-4,8-9,15,22H,5-7,10-14H2,1H3/q+1/t15-,19?/m1/s1. The Hall–Kier alpha value is -1.52. The van der Waals surface area contributed by atoms with Gasteiger partial charge in [0.25, 0.3) is 0 Å². The van der Waals surface area contributed by atoms with E-state index in [0.29, 0.717) is 13.0 Å². The van der Waals surface area contributed by atoms with E-state index in [1.165, 1.54) is 5.56 Å². The molecule has 1 saturated heterocycles. The Morgan fingerprint density at radius 3 is 2.55 bits per heavy atom. The molecule has 1 aromatic carbocycles. The number of benzene rings is 1. The molecule has 1 amide bonds. The van der Waals surface area contributed by atoms with E-state index < -0.39 is 4.65 Å². The maximum atomic E-state index is 12.1. The van der Waals surface area contributed by atoms with E-state index in [1.54, 1.807) is 0 Å². The van der Waals surface area contributed by atoms with Crippen LogP contribution in [0.3, 0.4) is 0 Å². The van der Waals surface area contributed by atoms with Gasteiger partial charge in [-0.2, -0.15) is 0 Å². The number of quaternary nitrogens is 1. The van der Waals surface area contributed by atoms with Crippen molar-refractivity contribution in [2.45, 2.75) is 57.9 Å². The zero-order valence-corrected chi connectivity index (χ0v) is 13.3. The van der Waals surface area contributed by atoms with Crippen molar-refractivity contribution in [1.82, 2.24) is 0 Å². The molecule has 0 aliphatic carbocycles. The lowest BCUT2D eigenvalue weighted by atomic mass is 10.0. The SMILES string of the molecule is C[C@@H]1CCC[N+]1(O)C(=O)CCC(=O)CCCc1ccccc1. The topological polar surface area (TPSA) is 54.4 Å². The van der Waals surface area contributed by atoms with E-state index in [0.717, 1.165) is 25.7 Å². The van der Waals surface area contributed by atoms with Crippen LogP contribution in [0.4, 0.5) is 0 Å². The number of aryl methyl sites for hydroxylation is 1. The predicted octanol–water partition coefficient (Wildman–Crippen LogP) is 3.27. The molecule has 1 aliphatic heterocycles. The first-order valence-electron chi connectivity index (χ1n) is 8.22. The third kappa shape index (κ3) is 4.24. The number of hydrogen-bond acceptors (Lipinski definition) is 3. The molecule has 0 saturated carbocycles. The number of likely N-dealkylation sites (tertiary alicyclic amines) is 1. The molecule has 0 aromatic heterocycles. The van der Waals surface area contributed by atoms with Crippen LogP contribution in [0, 0.1) is 0 Å². The van der Waals surface area contributed by atoms with Gasteiger partial charge >= 0.3 is 5.91 Å². The quantitative estimate of drug-likeness (QED) is 0.621. The third-order valence-electron chi connectivity index (χ3n) is 4.66. The van der Waals surface area contributed by atoms with Crippen LogP contribution in [0.2, 0.25) is 0 Å². The molecule has 0 spiro atoms. The summed E-state index contributed by atoms with van der Waals surface area (Å²) in [6.45, 7) is 2.38. The fourth-order valence-electron chi connectivity index (χ4n) is 3.13. The van der Waals surface area contributed by atoms with Crippen LogP contribution in [-0.2, 0) is 16.0 Å². The molecule has 22 heavy (non-hydrogen) atoms. The molecule has 1 unspecified atom stereocenters. The zero-order chi connectivity index (χ0) is 16.0. The van der Waals surface area contributed by atoms with Gasteiger partial charge in [-0.3, -0.25) is 4.79 Å². The summed E-state index contributed by atoms with van der Waals surface area (Å²) in [5.41, 5.74) is 1.23. The molecular weight excluding hydrogens is 278 g/mol. The van der Waals surface area contributed by atoms with E-state index in [9.17, 15) is 14.8 Å². The Balaban J connectivity index is 1.68. The smallest absolute Gasteiger partial charge is 0.300 e. The lowest BCUT2D eigenvalue weighted by molar-refractivity contribution is -1.05. The van der Waals surface area contributed by atoms with Crippen molar-refractivity contribution in [2.75, 3.05) is 6.54 Å². The second kappa shape index (κ2) is 7.65. The van der Waals surface area contributed by atoms with Gasteiger partial charge in [-0.05, 0) is 25.3 Å². The summed E-state index contributed by atoms with van der Waals surface area (Å²) in [7, 11) is 0. The average Bonchev–Trinajstić information content (AvgIpc) is 2.86. The predicted molar refractivity (Wildman–Crippen MR) is 84.2 cm³/mol. The molecule has 1 heterocycles. The van der Waals surface area contributed by atoms with Crippen LogP contribution in [0.5, 0.6) is 0 Å². The summed E-state index contributed by atoms with van der Waals surface area (Å²) in [5, 5.41) is 10.3. The monoisotopic (exact) mass is 304 g/mol. The van der Waals surface area contributed by atoms with Crippen molar-refractivity contribution in [1.29, 1.82) is 0 Å². The number of rotatable bonds is 7. The molecule has 0 bridgehead atoms. The van der Waals surface area contributed by atoms with E-state index >= 15 is 0 Å². The summed E-state index contributed by atoms with van der Waals surface area (Å²) in [4.78, 5) is 24.0. The Kier molecular flexibility index (Phi) is 5.86. The number of Topliss-reactive ketones (excluding diaryl/α,β-unsaturated/α-hetero) is 1. The molecule has 2 rings (SSSR count). The summed E-state index contributed by atoms with van der Waals surface area (Å²) in [6, 6.07) is 10.0. The van der Waals surface area contributed by atoms with Crippen molar-refractivity contribution in [2.24, 2.45) is 0 Å². The number of amides is 1. The van der Waals surface area contributed by atoms with Gasteiger partial charge in [0.1, 0.15) is 18.4 Å². The summed E-state index contributed by atoms with van der Waals surface area (Å²) in [5.74, 6) is -0.0934. The van der Waals surface area contributed by atoms with Gasteiger partial charge in [0, 0.05) is 25.7 Å². The van der Waals surface area contributed by atoms with Crippen LogP contribution in [-0.4, -0.2) is 34.1 Å². The molecule has 1 N–H and O–H groups in total. The van der Waals surface area contributed by atoms with Crippen molar-refractivity contribution in [3.63, 3.8) is 0 Å². The maximum Gasteiger partial charge on any atom is 0.346 e. The van der Waals surface area contributed by atoms with Gasteiger partial charge in [0.05, 0.1) is 6.42 Å². The van der Waals surface area contributed by atoms with Crippen molar-refractivity contribution in [3.05, 3.63) is 35.9 Å². The molecule has 120 valence electrons. The molecule has 2 atom stereocenters. The second-order valence-electron chi connectivity index (χ2n) is 6.31. The van der Waals surface area contributed by atoms with Crippen LogP contribution >= 0.6 is 0 Å². The van der Waals surface area contributed by atoms with E-state index in [4.69, 9.17) is 0 Å². The number of nitrogens with zero attached hydrogens (tertiary/aromatic N) is 1. The van der Waals surface area contributed by atoms with Crippen LogP contribution in [0.25, 0.3) is 0 Å². The van der Waals surface area contributed by atoms with E-state index in [2.05, 4.69) is 12.1 Å². The summed E-state index contributed by atoms with van der Waals surface area (Å²) in [6.07, 6.45) is 4.35. The van der Waals surface area contributed by atoms with Gasteiger partial charge in [0.15, 0.2) is 0 Å². The highest BCUT2D eigenvalue weighted by atomic mass is 16.6. The summed E-state index contributed by atoms with van der Waals surface area (Å²) >= 11 is 0. The molecule has 1 aliphatic rings. The Morgan fingerprint density at radius 2 is 1.91 bits per heavy atom. The maximum absolute atomic E-state index is 12.1. The number of carbonyl (C=O) groups excluding carboxylic acids is 2. The minimum Gasteiger partial charge on any atom is -0.300 e. The highest BCUT2D eigenvalue weighted by Gasteiger charge is 2.44. The number of hydrogen-bond donors (Lipinski definition) is 1. The average molecular weight is 304 g/mol. The lowest BCUT2D eigenvalue weighted by Gasteiger charge is -2.26. The molecule has 4 nitrogen and oxygen atoms in total. The number of hydroxylamine groups is 3.